The highest BCUT2D eigenvalue weighted by Crippen LogP contribution is 2.15. The summed E-state index contributed by atoms with van der Waals surface area (Å²) in [6.07, 6.45) is 0. The number of ether oxygens (including phenoxy) is 1. The van der Waals surface area contributed by atoms with E-state index in [4.69, 9.17) is 4.74 Å². The van der Waals surface area contributed by atoms with Crippen molar-refractivity contribution < 1.29 is 9.37 Å². The van der Waals surface area contributed by atoms with Gasteiger partial charge in [-0.3, -0.25) is 0 Å². The molecule has 0 aliphatic rings. The van der Waals surface area contributed by atoms with Gasteiger partial charge in [-0.05, 0) is 24.6 Å². The topological polar surface area (TPSA) is 60.2 Å². The maximum atomic E-state index is 5.69. The summed E-state index contributed by atoms with van der Waals surface area (Å²) in [5.74, 6) is 0.824. The molecule has 1 N–H and O–H groups in total. The first-order chi connectivity index (χ1) is 9.15. The van der Waals surface area contributed by atoms with Crippen LogP contribution in [0.3, 0.4) is 0 Å². The Balaban J connectivity index is 1.93. The van der Waals surface area contributed by atoms with Crippen LogP contribution in [0.2, 0.25) is 0 Å². The van der Waals surface area contributed by atoms with Crippen molar-refractivity contribution in [3.8, 4) is 5.75 Å². The Labute approximate surface area is 112 Å². The fourth-order valence-electron chi connectivity index (χ4n) is 1.60. The molecule has 0 amide bonds. The molecule has 0 bridgehead atoms. The molecule has 0 unspecified atom stereocenters. The van der Waals surface area contributed by atoms with Crippen molar-refractivity contribution in [2.24, 2.45) is 0 Å². The van der Waals surface area contributed by atoms with Gasteiger partial charge in [0.25, 0.3) is 0 Å². The quantitative estimate of drug-likeness (QED) is 0.865. The monoisotopic (exact) mass is 261 g/mol. The lowest BCUT2D eigenvalue weighted by atomic mass is 10.2. The molecular weight excluding hydrogens is 242 g/mol. The van der Waals surface area contributed by atoms with Gasteiger partial charge in [-0.1, -0.05) is 36.3 Å². The number of nitrogens with one attached hydrogen (secondary N) is 1. The Kier molecular flexibility index (Phi) is 4.52. The van der Waals surface area contributed by atoms with Gasteiger partial charge in [0.15, 0.2) is 0 Å². The van der Waals surface area contributed by atoms with E-state index in [1.54, 1.807) is 0 Å². The molecule has 2 aromatic rings. The lowest BCUT2D eigenvalue weighted by molar-refractivity contribution is 0.270. The third kappa shape index (κ3) is 4.06. The first-order valence-corrected chi connectivity index (χ1v) is 6.38. The van der Waals surface area contributed by atoms with Gasteiger partial charge in [-0.25, -0.2) is 4.63 Å². The van der Waals surface area contributed by atoms with Crippen molar-refractivity contribution in [3.05, 3.63) is 41.2 Å². The van der Waals surface area contributed by atoms with Gasteiger partial charge in [0.2, 0.25) is 0 Å². The molecule has 0 radical (unpaired) electrons. The lowest BCUT2D eigenvalue weighted by Crippen LogP contribution is -2.21. The van der Waals surface area contributed by atoms with Gasteiger partial charge in [0.05, 0.1) is 0 Å². The second kappa shape index (κ2) is 6.33. The average molecular weight is 261 g/mol. The van der Waals surface area contributed by atoms with E-state index in [0.717, 1.165) is 23.7 Å². The molecule has 102 valence electrons. The molecule has 19 heavy (non-hydrogen) atoms. The minimum atomic E-state index is 0.371. The predicted molar refractivity (Wildman–Crippen MR) is 71.8 cm³/mol. The van der Waals surface area contributed by atoms with Crippen LogP contribution in [-0.2, 0) is 13.2 Å². The number of hydrogen-bond donors (Lipinski definition) is 1. The van der Waals surface area contributed by atoms with E-state index in [0.29, 0.717) is 12.6 Å². The summed E-state index contributed by atoms with van der Waals surface area (Å²) in [5, 5.41) is 10.9. The van der Waals surface area contributed by atoms with Crippen LogP contribution in [0.4, 0.5) is 0 Å². The van der Waals surface area contributed by atoms with Crippen molar-refractivity contribution in [3.63, 3.8) is 0 Å². The van der Waals surface area contributed by atoms with Crippen LogP contribution in [0.5, 0.6) is 5.75 Å². The highest BCUT2D eigenvalue weighted by atomic mass is 16.6. The number of rotatable bonds is 6. The fourth-order valence-corrected chi connectivity index (χ4v) is 1.60. The summed E-state index contributed by atoms with van der Waals surface area (Å²) >= 11 is 0. The molecule has 0 fully saturated rings. The largest absolute Gasteiger partial charge is 0.487 e. The molecule has 1 heterocycles. The number of aromatic nitrogens is 2. The van der Waals surface area contributed by atoms with Gasteiger partial charge in [0, 0.05) is 12.6 Å². The van der Waals surface area contributed by atoms with E-state index in [1.807, 2.05) is 25.1 Å². The first-order valence-electron chi connectivity index (χ1n) is 6.38. The number of aryl methyl sites for hydroxylation is 1. The molecule has 0 saturated carbocycles. The van der Waals surface area contributed by atoms with E-state index in [1.165, 1.54) is 5.56 Å². The van der Waals surface area contributed by atoms with Crippen molar-refractivity contribution in [2.45, 2.75) is 40.0 Å². The van der Waals surface area contributed by atoms with Crippen LogP contribution in [0.1, 0.15) is 30.8 Å². The van der Waals surface area contributed by atoms with Crippen LogP contribution in [-0.4, -0.2) is 16.4 Å². The molecule has 1 aromatic carbocycles. The SMILES string of the molecule is Cc1nonc1COc1cccc(CNC(C)C)c1. The van der Waals surface area contributed by atoms with Gasteiger partial charge < -0.3 is 10.1 Å². The van der Waals surface area contributed by atoms with E-state index < -0.39 is 0 Å². The van der Waals surface area contributed by atoms with Crippen LogP contribution < -0.4 is 10.1 Å². The lowest BCUT2D eigenvalue weighted by Gasteiger charge is -2.10. The van der Waals surface area contributed by atoms with Gasteiger partial charge in [-0.15, -0.1) is 0 Å². The summed E-state index contributed by atoms with van der Waals surface area (Å²) in [7, 11) is 0. The smallest absolute Gasteiger partial charge is 0.145 e. The summed E-state index contributed by atoms with van der Waals surface area (Å²) < 4.78 is 10.3. The Morgan fingerprint density at radius 2 is 2.16 bits per heavy atom. The second-order valence-electron chi connectivity index (χ2n) is 4.77. The molecule has 2 rings (SSSR count). The van der Waals surface area contributed by atoms with Crippen molar-refractivity contribution in [1.29, 1.82) is 0 Å². The number of hydrogen-bond acceptors (Lipinski definition) is 5. The minimum Gasteiger partial charge on any atom is -0.487 e. The van der Waals surface area contributed by atoms with E-state index in [2.05, 4.69) is 40.2 Å². The minimum absolute atomic E-state index is 0.371. The van der Waals surface area contributed by atoms with Crippen LogP contribution >= 0.6 is 0 Å². The third-order valence-corrected chi connectivity index (χ3v) is 2.73. The van der Waals surface area contributed by atoms with Gasteiger partial charge in [-0.2, -0.15) is 0 Å². The normalized spacial score (nSPS) is 10.9. The van der Waals surface area contributed by atoms with Crippen LogP contribution in [0.25, 0.3) is 0 Å². The summed E-state index contributed by atoms with van der Waals surface area (Å²) in [4.78, 5) is 0. The zero-order valence-electron chi connectivity index (χ0n) is 11.5. The zero-order chi connectivity index (χ0) is 13.7. The Bertz CT molecular complexity index is 523. The molecule has 0 aliphatic carbocycles. The van der Waals surface area contributed by atoms with Crippen LogP contribution in [0, 0.1) is 6.92 Å². The van der Waals surface area contributed by atoms with E-state index in [9.17, 15) is 0 Å². The summed E-state index contributed by atoms with van der Waals surface area (Å²) in [6, 6.07) is 8.49. The van der Waals surface area contributed by atoms with Crippen molar-refractivity contribution in [1.82, 2.24) is 15.6 Å². The maximum absolute atomic E-state index is 5.69. The average Bonchev–Trinajstić information content (AvgIpc) is 2.80. The van der Waals surface area contributed by atoms with Gasteiger partial charge in [0.1, 0.15) is 23.7 Å². The standard InChI is InChI=1S/C14H19N3O2/c1-10(2)15-8-12-5-4-6-13(7-12)18-9-14-11(3)16-19-17-14/h4-7,10,15H,8-9H2,1-3H3. The Hall–Kier alpha value is -1.88. The molecule has 5 nitrogen and oxygen atoms in total. The maximum Gasteiger partial charge on any atom is 0.145 e. The third-order valence-electron chi connectivity index (χ3n) is 2.73. The summed E-state index contributed by atoms with van der Waals surface area (Å²) in [6.45, 7) is 7.30. The second-order valence-corrected chi connectivity index (χ2v) is 4.77. The first kappa shape index (κ1) is 13.5. The fraction of sp³-hybridized carbons (Fsp3) is 0.429. The highest BCUT2D eigenvalue weighted by molar-refractivity contribution is 5.28. The molecule has 0 aliphatic heterocycles. The van der Waals surface area contributed by atoms with Gasteiger partial charge >= 0.3 is 0 Å². The Morgan fingerprint density at radius 1 is 1.32 bits per heavy atom. The zero-order valence-corrected chi connectivity index (χ0v) is 11.5. The molecular formula is C14H19N3O2. The predicted octanol–water partition coefficient (Wildman–Crippen LogP) is 2.46. The summed E-state index contributed by atoms with van der Waals surface area (Å²) in [5.41, 5.74) is 2.68. The Morgan fingerprint density at radius 3 is 2.84 bits per heavy atom. The highest BCUT2D eigenvalue weighted by Gasteiger charge is 2.06. The number of benzene rings is 1. The van der Waals surface area contributed by atoms with E-state index >= 15 is 0 Å². The molecule has 0 atom stereocenters. The van der Waals surface area contributed by atoms with Crippen molar-refractivity contribution >= 4 is 0 Å². The molecule has 0 spiro atoms. The van der Waals surface area contributed by atoms with Crippen molar-refractivity contribution in [2.75, 3.05) is 0 Å². The molecule has 5 heteroatoms. The van der Waals surface area contributed by atoms with E-state index in [-0.39, 0.29) is 0 Å². The number of nitrogens with zero attached hydrogens (tertiary/aromatic N) is 2. The molecule has 1 aromatic heterocycles. The molecule has 0 saturated heterocycles. The van der Waals surface area contributed by atoms with Crippen LogP contribution in [0.15, 0.2) is 28.9 Å².